The van der Waals surface area contributed by atoms with Crippen LogP contribution in [0.15, 0.2) is 27.1 Å². The summed E-state index contributed by atoms with van der Waals surface area (Å²) in [6.45, 7) is 4.32. The third kappa shape index (κ3) is 5.46. The fourth-order valence-corrected chi connectivity index (χ4v) is 2.23. The normalized spacial score (nSPS) is 10.7. The molecule has 0 spiro atoms. The monoisotopic (exact) mass is 347 g/mol. The average Bonchev–Trinajstić information content (AvgIpc) is 2.28. The predicted octanol–water partition coefficient (Wildman–Crippen LogP) is 4.88. The van der Waals surface area contributed by atoms with Gasteiger partial charge < -0.3 is 5.32 Å². The van der Waals surface area contributed by atoms with E-state index in [4.69, 9.17) is 0 Å². The standard InChI is InChI=1S/C13H19Br2N/c1-2-3-4-5-8-16-10-11-6-7-12(14)13(15)9-11/h6-7,9,16H,2-5,8,10H2,1H3. The quantitative estimate of drug-likeness (QED) is 0.692. The number of hydrogen-bond donors (Lipinski definition) is 1. The molecule has 1 aromatic rings. The zero-order valence-electron chi connectivity index (χ0n) is 9.73. The van der Waals surface area contributed by atoms with Gasteiger partial charge in [0.15, 0.2) is 0 Å². The van der Waals surface area contributed by atoms with Crippen LogP contribution in [0.1, 0.15) is 38.2 Å². The van der Waals surface area contributed by atoms with Crippen LogP contribution in [0, 0.1) is 0 Å². The molecule has 0 aliphatic carbocycles. The Morgan fingerprint density at radius 1 is 1.06 bits per heavy atom. The molecule has 0 bridgehead atoms. The molecule has 0 aromatic heterocycles. The molecule has 0 heterocycles. The van der Waals surface area contributed by atoms with E-state index in [0.717, 1.165) is 22.0 Å². The van der Waals surface area contributed by atoms with Gasteiger partial charge in [-0.15, -0.1) is 0 Å². The Morgan fingerprint density at radius 2 is 1.88 bits per heavy atom. The summed E-state index contributed by atoms with van der Waals surface area (Å²) in [6, 6.07) is 6.38. The fraction of sp³-hybridized carbons (Fsp3) is 0.538. The molecule has 0 radical (unpaired) electrons. The molecule has 0 saturated carbocycles. The highest BCUT2D eigenvalue weighted by atomic mass is 79.9. The lowest BCUT2D eigenvalue weighted by Crippen LogP contribution is -2.14. The lowest BCUT2D eigenvalue weighted by molar-refractivity contribution is 0.598. The molecule has 1 nitrogen and oxygen atoms in total. The van der Waals surface area contributed by atoms with Crippen LogP contribution in [0.5, 0.6) is 0 Å². The maximum Gasteiger partial charge on any atom is 0.0320 e. The first kappa shape index (κ1) is 14.2. The summed E-state index contributed by atoms with van der Waals surface area (Å²) < 4.78 is 2.23. The van der Waals surface area contributed by atoms with Crippen LogP contribution >= 0.6 is 31.9 Å². The number of rotatable bonds is 7. The van der Waals surface area contributed by atoms with E-state index in [9.17, 15) is 0 Å². The molecule has 1 aromatic carbocycles. The van der Waals surface area contributed by atoms with Crippen molar-refractivity contribution in [3.05, 3.63) is 32.7 Å². The van der Waals surface area contributed by atoms with E-state index in [-0.39, 0.29) is 0 Å². The van der Waals surface area contributed by atoms with E-state index in [2.05, 4.69) is 62.3 Å². The minimum Gasteiger partial charge on any atom is -0.313 e. The van der Waals surface area contributed by atoms with Crippen LogP contribution in [0.2, 0.25) is 0 Å². The van der Waals surface area contributed by atoms with Gasteiger partial charge in [-0.2, -0.15) is 0 Å². The van der Waals surface area contributed by atoms with Crippen molar-refractivity contribution in [3.63, 3.8) is 0 Å². The summed E-state index contributed by atoms with van der Waals surface area (Å²) in [5.74, 6) is 0. The van der Waals surface area contributed by atoms with Gasteiger partial charge in [0.1, 0.15) is 0 Å². The van der Waals surface area contributed by atoms with Crippen LogP contribution in [0.3, 0.4) is 0 Å². The topological polar surface area (TPSA) is 12.0 Å². The van der Waals surface area contributed by atoms with Crippen molar-refractivity contribution < 1.29 is 0 Å². The van der Waals surface area contributed by atoms with E-state index in [1.165, 1.54) is 31.2 Å². The van der Waals surface area contributed by atoms with Crippen molar-refractivity contribution >= 4 is 31.9 Å². The summed E-state index contributed by atoms with van der Waals surface area (Å²) in [5.41, 5.74) is 1.32. The lowest BCUT2D eigenvalue weighted by Gasteiger charge is -2.06. The van der Waals surface area contributed by atoms with Gasteiger partial charge in [0, 0.05) is 15.5 Å². The predicted molar refractivity (Wildman–Crippen MR) is 77.7 cm³/mol. The largest absolute Gasteiger partial charge is 0.313 e. The van der Waals surface area contributed by atoms with E-state index < -0.39 is 0 Å². The van der Waals surface area contributed by atoms with E-state index in [1.807, 2.05) is 0 Å². The minimum absolute atomic E-state index is 0.956. The highest BCUT2D eigenvalue weighted by molar-refractivity contribution is 9.13. The molecule has 16 heavy (non-hydrogen) atoms. The van der Waals surface area contributed by atoms with Crippen molar-refractivity contribution in [1.29, 1.82) is 0 Å². The summed E-state index contributed by atoms with van der Waals surface area (Å²) >= 11 is 6.99. The Balaban J connectivity index is 2.19. The van der Waals surface area contributed by atoms with Crippen molar-refractivity contribution in [2.24, 2.45) is 0 Å². The Kier molecular flexibility index (Phi) is 7.33. The lowest BCUT2D eigenvalue weighted by atomic mass is 10.2. The molecule has 1 N–H and O–H groups in total. The maximum absolute atomic E-state index is 3.51. The van der Waals surface area contributed by atoms with Crippen molar-refractivity contribution in [3.8, 4) is 0 Å². The summed E-state index contributed by atoms with van der Waals surface area (Å²) in [5, 5.41) is 3.47. The van der Waals surface area contributed by atoms with Crippen molar-refractivity contribution in [2.45, 2.75) is 39.2 Å². The van der Waals surface area contributed by atoms with Gasteiger partial charge >= 0.3 is 0 Å². The molecule has 0 fully saturated rings. The van der Waals surface area contributed by atoms with Gasteiger partial charge in [-0.25, -0.2) is 0 Å². The third-order valence-corrected chi connectivity index (χ3v) is 4.40. The van der Waals surface area contributed by atoms with Crippen LogP contribution in [-0.2, 0) is 6.54 Å². The van der Waals surface area contributed by atoms with Gasteiger partial charge in [-0.3, -0.25) is 0 Å². The Bertz CT molecular complexity index is 313. The van der Waals surface area contributed by atoms with E-state index >= 15 is 0 Å². The first-order chi connectivity index (χ1) is 7.74. The number of benzene rings is 1. The van der Waals surface area contributed by atoms with Gasteiger partial charge in [0.2, 0.25) is 0 Å². The molecule has 0 aliphatic heterocycles. The zero-order valence-corrected chi connectivity index (χ0v) is 12.9. The summed E-state index contributed by atoms with van der Waals surface area (Å²) in [6.07, 6.45) is 5.28. The van der Waals surface area contributed by atoms with Crippen molar-refractivity contribution in [2.75, 3.05) is 6.54 Å². The zero-order chi connectivity index (χ0) is 11.8. The van der Waals surface area contributed by atoms with Crippen molar-refractivity contribution in [1.82, 2.24) is 5.32 Å². The van der Waals surface area contributed by atoms with Crippen LogP contribution in [-0.4, -0.2) is 6.54 Å². The van der Waals surface area contributed by atoms with Gasteiger partial charge in [0.25, 0.3) is 0 Å². The van der Waals surface area contributed by atoms with Crippen LogP contribution in [0.25, 0.3) is 0 Å². The fourth-order valence-electron chi connectivity index (χ4n) is 1.56. The molecule has 0 aliphatic rings. The number of halogens is 2. The Morgan fingerprint density at radius 3 is 2.56 bits per heavy atom. The summed E-state index contributed by atoms with van der Waals surface area (Å²) in [4.78, 5) is 0. The van der Waals surface area contributed by atoms with E-state index in [0.29, 0.717) is 0 Å². The highest BCUT2D eigenvalue weighted by Crippen LogP contribution is 2.23. The van der Waals surface area contributed by atoms with E-state index in [1.54, 1.807) is 0 Å². The molecule has 0 atom stereocenters. The molecule has 90 valence electrons. The molecular formula is C13H19Br2N. The number of nitrogens with one attached hydrogen (secondary N) is 1. The smallest absolute Gasteiger partial charge is 0.0320 e. The summed E-state index contributed by atoms with van der Waals surface area (Å²) in [7, 11) is 0. The second-order valence-corrected chi connectivity index (χ2v) is 5.69. The van der Waals surface area contributed by atoms with Gasteiger partial charge in [-0.1, -0.05) is 32.3 Å². The molecular weight excluding hydrogens is 330 g/mol. The number of unbranched alkanes of at least 4 members (excludes halogenated alkanes) is 3. The Hall–Kier alpha value is 0.140. The first-order valence-electron chi connectivity index (χ1n) is 5.88. The first-order valence-corrected chi connectivity index (χ1v) is 7.47. The maximum atomic E-state index is 3.51. The van der Waals surface area contributed by atoms with Crippen LogP contribution in [0.4, 0.5) is 0 Å². The second-order valence-electron chi connectivity index (χ2n) is 3.99. The molecule has 0 unspecified atom stereocenters. The molecule has 3 heteroatoms. The number of hydrogen-bond acceptors (Lipinski definition) is 1. The second kappa shape index (κ2) is 8.26. The van der Waals surface area contributed by atoms with Crippen LogP contribution < -0.4 is 5.32 Å². The van der Waals surface area contributed by atoms with Gasteiger partial charge in [-0.05, 0) is 62.5 Å². The minimum atomic E-state index is 0.956. The molecule has 0 amide bonds. The SMILES string of the molecule is CCCCCCNCc1ccc(Br)c(Br)c1. The average molecular weight is 349 g/mol. The third-order valence-electron chi connectivity index (χ3n) is 2.52. The Labute approximate surface area is 115 Å². The molecule has 1 rings (SSSR count). The van der Waals surface area contributed by atoms with Gasteiger partial charge in [0.05, 0.1) is 0 Å². The molecule has 0 saturated heterocycles. The highest BCUT2D eigenvalue weighted by Gasteiger charge is 1.98.